The Morgan fingerprint density at radius 3 is 2.50 bits per heavy atom. The monoisotopic (exact) mass is 218 g/mol. The molecule has 88 valence electrons. The van der Waals surface area contributed by atoms with E-state index in [1.54, 1.807) is 0 Å². The summed E-state index contributed by atoms with van der Waals surface area (Å²) in [5.41, 5.74) is 7.14. The summed E-state index contributed by atoms with van der Waals surface area (Å²) in [5, 5.41) is 0. The number of pyridine rings is 1. The van der Waals surface area contributed by atoms with Crippen LogP contribution in [0.15, 0.2) is 24.5 Å². The van der Waals surface area contributed by atoms with Crippen molar-refractivity contribution in [3.05, 3.63) is 30.1 Å². The Kier molecular flexibility index (Phi) is 4.34. The molecule has 1 aliphatic rings. The SMILES string of the molecule is NCCC1CCCCC1Cc1ccncc1. The van der Waals surface area contributed by atoms with Gasteiger partial charge in [-0.05, 0) is 55.3 Å². The Bertz CT molecular complexity index is 295. The molecule has 0 radical (unpaired) electrons. The van der Waals surface area contributed by atoms with Crippen molar-refractivity contribution in [2.24, 2.45) is 17.6 Å². The molecule has 0 spiro atoms. The van der Waals surface area contributed by atoms with Crippen molar-refractivity contribution in [2.75, 3.05) is 6.54 Å². The molecule has 2 rings (SSSR count). The fraction of sp³-hybridized carbons (Fsp3) is 0.643. The average molecular weight is 218 g/mol. The molecule has 1 fully saturated rings. The van der Waals surface area contributed by atoms with Gasteiger partial charge >= 0.3 is 0 Å². The van der Waals surface area contributed by atoms with Crippen molar-refractivity contribution in [1.29, 1.82) is 0 Å². The molecule has 1 saturated carbocycles. The second kappa shape index (κ2) is 6.00. The lowest BCUT2D eigenvalue weighted by Crippen LogP contribution is -2.24. The molecule has 0 amide bonds. The van der Waals surface area contributed by atoms with Crippen LogP contribution in [0.5, 0.6) is 0 Å². The van der Waals surface area contributed by atoms with Gasteiger partial charge in [-0.15, -0.1) is 0 Å². The highest BCUT2D eigenvalue weighted by molar-refractivity contribution is 5.10. The Morgan fingerprint density at radius 2 is 1.81 bits per heavy atom. The summed E-state index contributed by atoms with van der Waals surface area (Å²) < 4.78 is 0. The summed E-state index contributed by atoms with van der Waals surface area (Å²) in [6.07, 6.45) is 11.8. The van der Waals surface area contributed by atoms with E-state index < -0.39 is 0 Å². The van der Waals surface area contributed by atoms with E-state index in [1.165, 1.54) is 44.1 Å². The van der Waals surface area contributed by atoms with E-state index in [0.717, 1.165) is 18.4 Å². The van der Waals surface area contributed by atoms with Gasteiger partial charge in [0.1, 0.15) is 0 Å². The highest BCUT2D eigenvalue weighted by Gasteiger charge is 2.24. The van der Waals surface area contributed by atoms with Crippen LogP contribution in [0.4, 0.5) is 0 Å². The standard InChI is InChI=1S/C14H22N2/c15-8-5-13-3-1-2-4-14(13)11-12-6-9-16-10-7-12/h6-7,9-10,13-14H,1-5,8,11,15H2. The first kappa shape index (κ1) is 11.6. The van der Waals surface area contributed by atoms with Crippen molar-refractivity contribution < 1.29 is 0 Å². The molecule has 16 heavy (non-hydrogen) atoms. The first-order chi connectivity index (χ1) is 7.90. The van der Waals surface area contributed by atoms with Crippen LogP contribution in [-0.2, 0) is 6.42 Å². The van der Waals surface area contributed by atoms with Crippen LogP contribution in [0.3, 0.4) is 0 Å². The van der Waals surface area contributed by atoms with Crippen molar-refractivity contribution in [1.82, 2.24) is 4.98 Å². The van der Waals surface area contributed by atoms with Crippen molar-refractivity contribution in [2.45, 2.75) is 38.5 Å². The van der Waals surface area contributed by atoms with Gasteiger partial charge in [0.2, 0.25) is 0 Å². The van der Waals surface area contributed by atoms with E-state index in [1.807, 2.05) is 12.4 Å². The molecule has 2 unspecified atom stereocenters. The molecule has 0 aliphatic heterocycles. The molecule has 0 bridgehead atoms. The second-order valence-corrected chi connectivity index (χ2v) is 4.94. The zero-order valence-corrected chi connectivity index (χ0v) is 9.94. The molecule has 0 aromatic carbocycles. The maximum Gasteiger partial charge on any atom is 0.0270 e. The molecule has 1 aliphatic carbocycles. The van der Waals surface area contributed by atoms with Crippen LogP contribution in [0, 0.1) is 11.8 Å². The van der Waals surface area contributed by atoms with Gasteiger partial charge in [0, 0.05) is 12.4 Å². The molecule has 2 heteroatoms. The topological polar surface area (TPSA) is 38.9 Å². The van der Waals surface area contributed by atoms with Gasteiger partial charge in [-0.3, -0.25) is 4.98 Å². The fourth-order valence-electron chi connectivity index (χ4n) is 2.97. The van der Waals surface area contributed by atoms with Crippen molar-refractivity contribution in [3.63, 3.8) is 0 Å². The summed E-state index contributed by atoms with van der Waals surface area (Å²) in [5.74, 6) is 1.70. The summed E-state index contributed by atoms with van der Waals surface area (Å²) in [4.78, 5) is 4.07. The zero-order valence-electron chi connectivity index (χ0n) is 9.94. The van der Waals surface area contributed by atoms with E-state index in [0.29, 0.717) is 0 Å². The van der Waals surface area contributed by atoms with Crippen LogP contribution in [0.1, 0.15) is 37.7 Å². The van der Waals surface area contributed by atoms with Gasteiger partial charge in [-0.2, -0.15) is 0 Å². The van der Waals surface area contributed by atoms with Gasteiger partial charge in [0.05, 0.1) is 0 Å². The molecule has 1 aromatic rings. The number of rotatable bonds is 4. The molecule has 2 atom stereocenters. The summed E-state index contributed by atoms with van der Waals surface area (Å²) in [6.45, 7) is 0.845. The number of nitrogens with zero attached hydrogens (tertiary/aromatic N) is 1. The summed E-state index contributed by atoms with van der Waals surface area (Å²) in [7, 11) is 0. The lowest BCUT2D eigenvalue weighted by atomic mass is 9.75. The molecule has 2 nitrogen and oxygen atoms in total. The predicted molar refractivity (Wildman–Crippen MR) is 67.1 cm³/mol. The average Bonchev–Trinajstić information content (AvgIpc) is 2.33. The van der Waals surface area contributed by atoms with E-state index in [9.17, 15) is 0 Å². The molecule has 2 N–H and O–H groups in total. The maximum atomic E-state index is 5.70. The second-order valence-electron chi connectivity index (χ2n) is 4.94. The Labute approximate surface area is 98.3 Å². The van der Waals surface area contributed by atoms with Crippen LogP contribution in [0.2, 0.25) is 0 Å². The van der Waals surface area contributed by atoms with Crippen LogP contribution >= 0.6 is 0 Å². The van der Waals surface area contributed by atoms with Gasteiger partial charge < -0.3 is 5.73 Å². The smallest absolute Gasteiger partial charge is 0.0270 e. The minimum absolute atomic E-state index is 0.845. The quantitative estimate of drug-likeness (QED) is 0.844. The molecule has 1 aromatic heterocycles. The van der Waals surface area contributed by atoms with Crippen molar-refractivity contribution in [3.8, 4) is 0 Å². The maximum absolute atomic E-state index is 5.70. The third kappa shape index (κ3) is 3.05. The van der Waals surface area contributed by atoms with E-state index in [4.69, 9.17) is 5.73 Å². The Morgan fingerprint density at radius 1 is 1.12 bits per heavy atom. The molecular formula is C14H22N2. The lowest BCUT2D eigenvalue weighted by Gasteiger charge is -2.31. The van der Waals surface area contributed by atoms with Gasteiger partial charge in [-0.25, -0.2) is 0 Å². The third-order valence-corrected chi connectivity index (χ3v) is 3.85. The van der Waals surface area contributed by atoms with E-state index in [-0.39, 0.29) is 0 Å². The van der Waals surface area contributed by atoms with Gasteiger partial charge in [0.15, 0.2) is 0 Å². The first-order valence-corrected chi connectivity index (χ1v) is 6.49. The van der Waals surface area contributed by atoms with Crippen LogP contribution < -0.4 is 5.73 Å². The number of aromatic nitrogens is 1. The minimum atomic E-state index is 0.845. The molecule has 0 saturated heterocycles. The first-order valence-electron chi connectivity index (χ1n) is 6.49. The van der Waals surface area contributed by atoms with Gasteiger partial charge in [0.25, 0.3) is 0 Å². The molecular weight excluding hydrogens is 196 g/mol. The zero-order chi connectivity index (χ0) is 11.2. The van der Waals surface area contributed by atoms with E-state index in [2.05, 4.69) is 17.1 Å². The fourth-order valence-corrected chi connectivity index (χ4v) is 2.97. The number of nitrogens with two attached hydrogens (primary N) is 1. The largest absolute Gasteiger partial charge is 0.330 e. The minimum Gasteiger partial charge on any atom is -0.330 e. The normalized spacial score (nSPS) is 25.6. The van der Waals surface area contributed by atoms with Crippen LogP contribution in [0.25, 0.3) is 0 Å². The lowest BCUT2D eigenvalue weighted by molar-refractivity contribution is 0.225. The number of hydrogen-bond donors (Lipinski definition) is 1. The van der Waals surface area contributed by atoms with Crippen LogP contribution in [-0.4, -0.2) is 11.5 Å². The van der Waals surface area contributed by atoms with Crippen molar-refractivity contribution >= 4 is 0 Å². The predicted octanol–water partition coefficient (Wildman–Crippen LogP) is 2.78. The third-order valence-electron chi connectivity index (χ3n) is 3.85. The Balaban J connectivity index is 1.96. The number of hydrogen-bond acceptors (Lipinski definition) is 2. The summed E-state index contributed by atoms with van der Waals surface area (Å²) in [6, 6.07) is 4.29. The van der Waals surface area contributed by atoms with E-state index >= 15 is 0 Å². The summed E-state index contributed by atoms with van der Waals surface area (Å²) >= 11 is 0. The highest BCUT2D eigenvalue weighted by atomic mass is 14.6. The van der Waals surface area contributed by atoms with Gasteiger partial charge in [-0.1, -0.05) is 19.3 Å². The highest BCUT2D eigenvalue weighted by Crippen LogP contribution is 2.34. The molecule has 1 heterocycles. The Hall–Kier alpha value is -0.890.